The summed E-state index contributed by atoms with van der Waals surface area (Å²) in [6.45, 7) is -0.771. The van der Waals surface area contributed by atoms with Crippen LogP contribution in [0.1, 0.15) is 10.4 Å². The van der Waals surface area contributed by atoms with E-state index in [1.165, 1.54) is 31.4 Å². The molecule has 130 valence electrons. The van der Waals surface area contributed by atoms with Gasteiger partial charge in [-0.05, 0) is 24.3 Å². The molecule has 0 spiro atoms. The number of carboxylic acid groups (broad SMARTS) is 1. The second kappa shape index (κ2) is 8.13. The number of aliphatic carboxylic acids is 1. The maximum Gasteiger partial charge on any atom is 0.279 e. The van der Waals surface area contributed by atoms with Gasteiger partial charge in [0.2, 0.25) is 5.90 Å². The molecule has 1 heterocycles. The second-order valence-electron chi connectivity index (χ2n) is 4.77. The summed E-state index contributed by atoms with van der Waals surface area (Å²) in [5.74, 6) is -1.90. The molecule has 0 saturated carbocycles. The third-order valence-corrected chi connectivity index (χ3v) is 3.14. The van der Waals surface area contributed by atoms with E-state index in [9.17, 15) is 14.7 Å². The van der Waals surface area contributed by atoms with Gasteiger partial charge in [-0.25, -0.2) is 0 Å². The number of allylic oxidation sites excluding steroid dienone is 2. The van der Waals surface area contributed by atoms with Gasteiger partial charge in [-0.1, -0.05) is 6.07 Å². The highest BCUT2D eigenvalue weighted by Crippen LogP contribution is 2.22. The van der Waals surface area contributed by atoms with E-state index in [1.54, 1.807) is 24.3 Å². The zero-order valence-corrected chi connectivity index (χ0v) is 13.5. The van der Waals surface area contributed by atoms with E-state index in [-0.39, 0.29) is 22.7 Å². The van der Waals surface area contributed by atoms with Gasteiger partial charge in [0.15, 0.2) is 5.57 Å². The Bertz CT molecular complexity index is 902. The Morgan fingerprint density at radius 1 is 1.27 bits per heavy atom. The van der Waals surface area contributed by atoms with Crippen molar-refractivity contribution < 1.29 is 24.2 Å². The number of hydrazone groups is 1. The molecule has 9 heteroatoms. The minimum atomic E-state index is -1.47. The van der Waals surface area contributed by atoms with E-state index in [0.29, 0.717) is 5.75 Å². The summed E-state index contributed by atoms with van der Waals surface area (Å²) < 4.78 is 9.96. The number of amides is 1. The Morgan fingerprint density at radius 2 is 2.00 bits per heavy atom. The first-order valence-corrected chi connectivity index (χ1v) is 7.12. The summed E-state index contributed by atoms with van der Waals surface area (Å²) in [7, 11) is 1.44. The Kier molecular flexibility index (Phi) is 5.70. The highest BCUT2D eigenvalue weighted by molar-refractivity contribution is 5.99. The molecule has 2 rings (SSSR count). The van der Waals surface area contributed by atoms with Gasteiger partial charge in [0.25, 0.3) is 5.91 Å². The van der Waals surface area contributed by atoms with Gasteiger partial charge in [0, 0.05) is 11.6 Å². The fourth-order valence-corrected chi connectivity index (χ4v) is 1.98. The summed E-state index contributed by atoms with van der Waals surface area (Å²) in [6.07, 6.45) is 2.50. The van der Waals surface area contributed by atoms with Gasteiger partial charge in [-0.2, -0.15) is 15.5 Å². The Labute approximate surface area is 148 Å². The maximum absolute atomic E-state index is 12.8. The number of ether oxygens (including phenoxy) is 2. The normalized spacial score (nSPS) is 12.5. The molecule has 0 radical (unpaired) electrons. The van der Waals surface area contributed by atoms with Gasteiger partial charge in [0.1, 0.15) is 24.5 Å². The van der Waals surface area contributed by atoms with E-state index in [0.717, 1.165) is 5.01 Å². The van der Waals surface area contributed by atoms with Crippen molar-refractivity contribution in [3.63, 3.8) is 0 Å². The van der Waals surface area contributed by atoms with Crippen LogP contribution in [-0.4, -0.2) is 36.5 Å². The van der Waals surface area contributed by atoms with Crippen molar-refractivity contribution in [2.45, 2.75) is 0 Å². The molecule has 1 aromatic carbocycles. The van der Waals surface area contributed by atoms with E-state index in [2.05, 4.69) is 5.10 Å². The molecule has 0 aromatic heterocycles. The largest absolute Gasteiger partial charge is 0.546 e. The molecule has 0 unspecified atom stereocenters. The Hall–Kier alpha value is -4.11. The number of carbonyl (C=O) groups is 2. The summed E-state index contributed by atoms with van der Waals surface area (Å²) in [5, 5.41) is 33.4. The van der Waals surface area contributed by atoms with Crippen LogP contribution in [-0.2, 0) is 9.53 Å². The Balaban J connectivity index is 2.46. The van der Waals surface area contributed by atoms with Gasteiger partial charge < -0.3 is 19.4 Å². The van der Waals surface area contributed by atoms with Crippen molar-refractivity contribution >= 4 is 17.8 Å². The molecule has 1 aromatic rings. The van der Waals surface area contributed by atoms with Crippen LogP contribution in [0.15, 0.2) is 52.8 Å². The van der Waals surface area contributed by atoms with Crippen LogP contribution in [0.4, 0.5) is 0 Å². The van der Waals surface area contributed by atoms with Gasteiger partial charge in [-0.3, -0.25) is 4.79 Å². The van der Waals surface area contributed by atoms with Crippen molar-refractivity contribution in [1.29, 1.82) is 10.5 Å². The van der Waals surface area contributed by atoms with E-state index in [4.69, 9.17) is 20.0 Å². The van der Waals surface area contributed by atoms with Crippen LogP contribution in [0, 0.1) is 22.7 Å². The fraction of sp³-hybridized carbons (Fsp3) is 0.118. The molecule has 9 nitrogen and oxygen atoms in total. The van der Waals surface area contributed by atoms with E-state index < -0.39 is 18.5 Å². The van der Waals surface area contributed by atoms with Crippen LogP contribution in [0.2, 0.25) is 0 Å². The molecule has 1 aliphatic rings. The minimum Gasteiger partial charge on any atom is -0.546 e. The summed E-state index contributed by atoms with van der Waals surface area (Å²) in [5.41, 5.74) is -0.237. The highest BCUT2D eigenvalue weighted by atomic mass is 16.5. The number of carbonyl (C=O) groups excluding carboxylic acids is 2. The van der Waals surface area contributed by atoms with Crippen molar-refractivity contribution in [1.82, 2.24) is 5.01 Å². The number of hydrogen-bond donors (Lipinski definition) is 0. The predicted octanol–water partition coefficient (Wildman–Crippen LogP) is 0.0885. The number of nitrogens with zero attached hydrogens (tertiary/aromatic N) is 4. The number of rotatable bonds is 4. The molecule has 0 atom stereocenters. The summed E-state index contributed by atoms with van der Waals surface area (Å²) in [6, 6.07) is 9.53. The van der Waals surface area contributed by atoms with E-state index in [1.807, 2.05) is 0 Å². The fourth-order valence-electron chi connectivity index (χ4n) is 1.98. The third kappa shape index (κ3) is 4.04. The molecular formula is C17H11N4O5-. The molecule has 0 aliphatic carbocycles. The van der Waals surface area contributed by atoms with Crippen molar-refractivity contribution in [2.24, 2.45) is 5.10 Å². The van der Waals surface area contributed by atoms with Gasteiger partial charge in [-0.15, -0.1) is 5.10 Å². The zero-order valence-electron chi connectivity index (χ0n) is 13.5. The molecule has 0 fully saturated rings. The van der Waals surface area contributed by atoms with Crippen LogP contribution < -0.4 is 9.84 Å². The first kappa shape index (κ1) is 18.2. The van der Waals surface area contributed by atoms with Crippen molar-refractivity contribution in [3.8, 4) is 17.9 Å². The lowest BCUT2D eigenvalue weighted by Crippen LogP contribution is -2.32. The third-order valence-electron chi connectivity index (χ3n) is 3.14. The molecule has 0 bridgehead atoms. The SMILES string of the molecule is COc1cccc(C(=O)N2N=C(OCC(=O)[O-])C=CC2=C(C#N)C#N)c1. The second-order valence-corrected chi connectivity index (χ2v) is 4.77. The van der Waals surface area contributed by atoms with E-state index >= 15 is 0 Å². The zero-order chi connectivity index (χ0) is 19.1. The van der Waals surface area contributed by atoms with Crippen LogP contribution >= 0.6 is 0 Å². The minimum absolute atomic E-state index is 0.0661. The van der Waals surface area contributed by atoms with Gasteiger partial charge in [0.05, 0.1) is 18.8 Å². The van der Waals surface area contributed by atoms with Crippen LogP contribution in [0.5, 0.6) is 5.75 Å². The van der Waals surface area contributed by atoms with Crippen molar-refractivity contribution in [3.05, 3.63) is 53.3 Å². The lowest BCUT2D eigenvalue weighted by Gasteiger charge is -2.22. The standard InChI is InChI=1S/C17H12N4O5/c1-25-13-4-2-3-11(7-13)17(24)21-14(12(8-18)9-19)5-6-15(20-21)26-10-16(22)23/h2-7H,10H2,1H3,(H,22,23)/p-1. The lowest BCUT2D eigenvalue weighted by molar-refractivity contribution is -0.307. The Morgan fingerprint density at radius 3 is 2.62 bits per heavy atom. The van der Waals surface area contributed by atoms with Crippen LogP contribution in [0.25, 0.3) is 0 Å². The van der Waals surface area contributed by atoms with Crippen molar-refractivity contribution in [2.75, 3.05) is 13.7 Å². The first-order valence-electron chi connectivity index (χ1n) is 7.12. The maximum atomic E-state index is 12.8. The lowest BCUT2D eigenvalue weighted by atomic mass is 10.1. The number of methoxy groups -OCH3 is 1. The monoisotopic (exact) mass is 351 g/mol. The van der Waals surface area contributed by atoms with Crippen LogP contribution in [0.3, 0.4) is 0 Å². The summed E-state index contributed by atoms with van der Waals surface area (Å²) >= 11 is 0. The average molecular weight is 351 g/mol. The predicted molar refractivity (Wildman–Crippen MR) is 84.9 cm³/mol. The molecule has 0 N–H and O–H groups in total. The topological polar surface area (TPSA) is 139 Å². The molecule has 26 heavy (non-hydrogen) atoms. The number of benzene rings is 1. The molecular weight excluding hydrogens is 340 g/mol. The molecule has 1 amide bonds. The number of hydrogen-bond acceptors (Lipinski definition) is 8. The quantitative estimate of drug-likeness (QED) is 0.700. The first-order chi connectivity index (χ1) is 12.5. The molecule has 0 saturated heterocycles. The average Bonchev–Trinajstić information content (AvgIpc) is 2.67. The summed E-state index contributed by atoms with van der Waals surface area (Å²) in [4.78, 5) is 23.3. The molecule has 1 aliphatic heterocycles. The highest BCUT2D eigenvalue weighted by Gasteiger charge is 2.25. The number of carboxylic acids is 1. The smallest absolute Gasteiger partial charge is 0.279 e. The van der Waals surface area contributed by atoms with Gasteiger partial charge >= 0.3 is 0 Å². The number of nitriles is 2.